The first-order chi connectivity index (χ1) is 6.79. The van der Waals surface area contributed by atoms with Crippen molar-refractivity contribution in [3.8, 4) is 0 Å². The number of amides is 1. The molecular formula is C9H15F3N2O. The van der Waals surface area contributed by atoms with Gasteiger partial charge in [-0.2, -0.15) is 13.2 Å². The molecule has 0 aromatic rings. The highest BCUT2D eigenvalue weighted by Gasteiger charge is 2.34. The quantitative estimate of drug-likeness (QED) is 0.701. The van der Waals surface area contributed by atoms with Crippen molar-refractivity contribution in [1.82, 2.24) is 9.80 Å². The van der Waals surface area contributed by atoms with E-state index in [1.54, 1.807) is 4.90 Å². The molecule has 1 rings (SSSR count). The van der Waals surface area contributed by atoms with E-state index in [-0.39, 0.29) is 18.5 Å². The van der Waals surface area contributed by atoms with Crippen LogP contribution in [0.3, 0.4) is 0 Å². The zero-order chi connectivity index (χ0) is 11.6. The van der Waals surface area contributed by atoms with Crippen LogP contribution in [-0.2, 0) is 4.79 Å². The van der Waals surface area contributed by atoms with Crippen LogP contribution in [0.15, 0.2) is 0 Å². The van der Waals surface area contributed by atoms with E-state index in [0.717, 1.165) is 4.90 Å². The molecule has 0 spiro atoms. The van der Waals surface area contributed by atoms with E-state index in [2.05, 4.69) is 0 Å². The minimum Gasteiger partial charge on any atom is -0.338 e. The van der Waals surface area contributed by atoms with Gasteiger partial charge in [-0.05, 0) is 13.8 Å². The minimum absolute atomic E-state index is 0.0607. The maximum Gasteiger partial charge on any atom is 0.401 e. The van der Waals surface area contributed by atoms with Crippen molar-refractivity contribution in [2.24, 2.45) is 0 Å². The highest BCUT2D eigenvalue weighted by Crippen LogP contribution is 2.18. The number of nitrogens with zero attached hydrogens (tertiary/aromatic N) is 2. The molecule has 0 aliphatic carbocycles. The molecule has 0 aromatic heterocycles. The van der Waals surface area contributed by atoms with Crippen molar-refractivity contribution in [2.45, 2.75) is 26.1 Å². The highest BCUT2D eigenvalue weighted by molar-refractivity contribution is 5.79. The van der Waals surface area contributed by atoms with Crippen LogP contribution in [-0.4, -0.2) is 54.1 Å². The number of carbonyl (C=O) groups excluding carboxylic acids is 1. The van der Waals surface area contributed by atoms with Gasteiger partial charge in [-0.25, -0.2) is 0 Å². The van der Waals surface area contributed by atoms with Gasteiger partial charge in [-0.1, -0.05) is 0 Å². The predicted molar refractivity (Wildman–Crippen MR) is 49.3 cm³/mol. The van der Waals surface area contributed by atoms with E-state index in [1.807, 2.05) is 13.8 Å². The SMILES string of the molecule is CC(C)N1CCN(CC(F)(F)F)CC1=O. The summed E-state index contributed by atoms with van der Waals surface area (Å²) in [6.07, 6.45) is -4.22. The van der Waals surface area contributed by atoms with Crippen LogP contribution in [0.1, 0.15) is 13.8 Å². The van der Waals surface area contributed by atoms with Gasteiger partial charge in [0.2, 0.25) is 5.91 Å². The van der Waals surface area contributed by atoms with Crippen LogP contribution in [0.2, 0.25) is 0 Å². The number of carbonyl (C=O) groups is 1. The summed E-state index contributed by atoms with van der Waals surface area (Å²) in [7, 11) is 0. The Morgan fingerprint density at radius 3 is 2.33 bits per heavy atom. The Kier molecular flexibility index (Phi) is 3.59. The summed E-state index contributed by atoms with van der Waals surface area (Å²) in [5, 5.41) is 0. The van der Waals surface area contributed by atoms with E-state index in [0.29, 0.717) is 13.1 Å². The lowest BCUT2D eigenvalue weighted by atomic mass is 10.2. The molecule has 0 saturated carbocycles. The maximum absolute atomic E-state index is 12.1. The molecule has 0 radical (unpaired) electrons. The lowest BCUT2D eigenvalue weighted by Gasteiger charge is -2.36. The molecule has 1 amide bonds. The third kappa shape index (κ3) is 3.70. The van der Waals surface area contributed by atoms with Gasteiger partial charge in [0.05, 0.1) is 13.1 Å². The summed E-state index contributed by atoms with van der Waals surface area (Å²) in [6, 6.07) is 0.0607. The largest absolute Gasteiger partial charge is 0.401 e. The standard InChI is InChI=1S/C9H15F3N2O/c1-7(2)14-4-3-13(5-8(14)15)6-9(10,11)12/h7H,3-6H2,1-2H3. The second kappa shape index (κ2) is 4.38. The molecule has 88 valence electrons. The van der Waals surface area contributed by atoms with Gasteiger partial charge in [0.25, 0.3) is 0 Å². The molecule has 1 heterocycles. The normalized spacial score (nSPS) is 20.1. The second-order valence-corrected chi connectivity index (χ2v) is 4.01. The molecule has 0 atom stereocenters. The number of alkyl halides is 3. The lowest BCUT2D eigenvalue weighted by Crippen LogP contribution is -2.54. The van der Waals surface area contributed by atoms with Gasteiger partial charge in [0.1, 0.15) is 0 Å². The fraction of sp³-hybridized carbons (Fsp3) is 0.889. The molecule has 0 unspecified atom stereocenters. The number of hydrogen-bond donors (Lipinski definition) is 0. The fourth-order valence-electron chi connectivity index (χ4n) is 1.67. The average Bonchev–Trinajstić information content (AvgIpc) is 1.99. The summed E-state index contributed by atoms with van der Waals surface area (Å²) in [5.41, 5.74) is 0. The lowest BCUT2D eigenvalue weighted by molar-refractivity contribution is -0.158. The zero-order valence-corrected chi connectivity index (χ0v) is 8.84. The van der Waals surface area contributed by atoms with Gasteiger partial charge in [0, 0.05) is 19.1 Å². The maximum atomic E-state index is 12.1. The summed E-state index contributed by atoms with van der Waals surface area (Å²) >= 11 is 0. The van der Waals surface area contributed by atoms with Gasteiger partial charge in [-0.3, -0.25) is 9.69 Å². The van der Waals surface area contributed by atoms with E-state index in [9.17, 15) is 18.0 Å². The molecule has 6 heteroatoms. The van der Waals surface area contributed by atoms with Gasteiger partial charge in [-0.15, -0.1) is 0 Å². The van der Waals surface area contributed by atoms with Crippen LogP contribution in [0.4, 0.5) is 13.2 Å². The first kappa shape index (κ1) is 12.3. The summed E-state index contributed by atoms with van der Waals surface area (Å²) in [5.74, 6) is -0.222. The van der Waals surface area contributed by atoms with Crippen molar-refractivity contribution in [3.63, 3.8) is 0 Å². The number of piperazine rings is 1. The molecule has 1 aliphatic heterocycles. The van der Waals surface area contributed by atoms with Crippen LogP contribution in [0.5, 0.6) is 0 Å². The summed E-state index contributed by atoms with van der Waals surface area (Å²) in [4.78, 5) is 14.2. The molecule has 1 fully saturated rings. The average molecular weight is 224 g/mol. The zero-order valence-electron chi connectivity index (χ0n) is 8.84. The highest BCUT2D eigenvalue weighted by atomic mass is 19.4. The monoisotopic (exact) mass is 224 g/mol. The van der Waals surface area contributed by atoms with E-state index >= 15 is 0 Å². The molecule has 1 saturated heterocycles. The fourth-order valence-corrected chi connectivity index (χ4v) is 1.67. The molecular weight excluding hydrogens is 209 g/mol. The number of hydrogen-bond acceptors (Lipinski definition) is 2. The Balaban J connectivity index is 2.48. The van der Waals surface area contributed by atoms with Gasteiger partial charge in [0.15, 0.2) is 0 Å². The van der Waals surface area contributed by atoms with Gasteiger partial charge >= 0.3 is 6.18 Å². The van der Waals surface area contributed by atoms with Crippen molar-refractivity contribution >= 4 is 5.91 Å². The molecule has 15 heavy (non-hydrogen) atoms. The third-order valence-electron chi connectivity index (χ3n) is 2.36. The molecule has 1 aliphatic rings. The Morgan fingerprint density at radius 2 is 1.93 bits per heavy atom. The van der Waals surface area contributed by atoms with Crippen LogP contribution < -0.4 is 0 Å². The van der Waals surface area contributed by atoms with Crippen molar-refractivity contribution in [2.75, 3.05) is 26.2 Å². The molecule has 3 nitrogen and oxygen atoms in total. The number of rotatable bonds is 2. The van der Waals surface area contributed by atoms with Crippen LogP contribution in [0.25, 0.3) is 0 Å². The second-order valence-electron chi connectivity index (χ2n) is 4.01. The minimum atomic E-state index is -4.22. The van der Waals surface area contributed by atoms with Crippen LogP contribution in [0, 0.1) is 0 Å². The topological polar surface area (TPSA) is 23.6 Å². The predicted octanol–water partition coefficient (Wildman–Crippen LogP) is 1.10. The summed E-state index contributed by atoms with van der Waals surface area (Å²) < 4.78 is 36.2. The Labute approximate surface area is 86.8 Å². The molecule has 0 aromatic carbocycles. The first-order valence-electron chi connectivity index (χ1n) is 4.88. The molecule has 0 bridgehead atoms. The van der Waals surface area contributed by atoms with Crippen molar-refractivity contribution in [3.05, 3.63) is 0 Å². The Morgan fingerprint density at radius 1 is 1.33 bits per heavy atom. The Bertz CT molecular complexity index is 240. The van der Waals surface area contributed by atoms with Crippen molar-refractivity contribution in [1.29, 1.82) is 0 Å². The molecule has 0 N–H and O–H groups in total. The van der Waals surface area contributed by atoms with E-state index < -0.39 is 12.7 Å². The number of halogens is 3. The van der Waals surface area contributed by atoms with E-state index in [1.165, 1.54) is 0 Å². The smallest absolute Gasteiger partial charge is 0.338 e. The Hall–Kier alpha value is -0.780. The van der Waals surface area contributed by atoms with Gasteiger partial charge < -0.3 is 4.90 Å². The third-order valence-corrected chi connectivity index (χ3v) is 2.36. The summed E-state index contributed by atoms with van der Waals surface area (Å²) in [6.45, 7) is 3.27. The van der Waals surface area contributed by atoms with E-state index in [4.69, 9.17) is 0 Å². The van der Waals surface area contributed by atoms with Crippen LogP contribution >= 0.6 is 0 Å². The first-order valence-corrected chi connectivity index (χ1v) is 4.88. The van der Waals surface area contributed by atoms with Crippen molar-refractivity contribution < 1.29 is 18.0 Å².